The quantitative estimate of drug-likeness (QED) is 0.229. The Hall–Kier alpha value is -4.31. The molecule has 200 valence electrons. The first-order valence-corrected chi connectivity index (χ1v) is 12.4. The minimum absolute atomic E-state index is 0.0582. The van der Waals surface area contributed by atoms with Gasteiger partial charge in [-0.3, -0.25) is 4.79 Å². The summed E-state index contributed by atoms with van der Waals surface area (Å²) in [5.74, 6) is 0.114. The van der Waals surface area contributed by atoms with E-state index in [4.69, 9.17) is 19.0 Å². The summed E-state index contributed by atoms with van der Waals surface area (Å²) in [6, 6.07) is 12.6. The molecule has 0 aliphatic carbocycles. The summed E-state index contributed by atoms with van der Waals surface area (Å²) >= 11 is 0. The number of carbonyl (C=O) groups is 2. The van der Waals surface area contributed by atoms with Crippen LogP contribution in [-0.4, -0.2) is 46.9 Å². The number of benzene rings is 1. The molecule has 10 heteroatoms. The van der Waals surface area contributed by atoms with Crippen molar-refractivity contribution in [1.82, 2.24) is 9.55 Å². The standard InChI is InChI=1S/C28H32N4O6/c1-18(2)9-10-32-25(28(35)36-3)24(31-27(34)23-8-5-12-38-23)22-15-20(17-30-26(22)32)29-16-19-6-4-7-21(14-19)37-13-11-33/h4-8,12,14-15,17-18,29,33H,9-11,13,16H2,1-3H3,(H,31,34). The van der Waals surface area contributed by atoms with E-state index in [9.17, 15) is 9.59 Å². The zero-order chi connectivity index (χ0) is 27.1. The number of aryl methyl sites for hydroxylation is 1. The second-order valence-corrected chi connectivity index (χ2v) is 9.15. The van der Waals surface area contributed by atoms with Gasteiger partial charge in [-0.1, -0.05) is 26.0 Å². The van der Waals surface area contributed by atoms with Gasteiger partial charge in [-0.2, -0.15) is 0 Å². The fourth-order valence-corrected chi connectivity index (χ4v) is 4.06. The van der Waals surface area contributed by atoms with E-state index in [1.54, 1.807) is 22.9 Å². The number of aliphatic hydroxyl groups excluding tert-OH is 1. The summed E-state index contributed by atoms with van der Waals surface area (Å²) in [5.41, 5.74) is 2.77. The summed E-state index contributed by atoms with van der Waals surface area (Å²) in [4.78, 5) is 30.5. The average Bonchev–Trinajstić information content (AvgIpc) is 3.56. The normalized spacial score (nSPS) is 11.1. The highest BCUT2D eigenvalue weighted by Crippen LogP contribution is 2.34. The topological polar surface area (TPSA) is 128 Å². The number of hydrogen-bond donors (Lipinski definition) is 3. The van der Waals surface area contributed by atoms with E-state index in [1.807, 2.05) is 30.3 Å². The van der Waals surface area contributed by atoms with Crippen LogP contribution in [0.25, 0.3) is 11.0 Å². The SMILES string of the molecule is COC(=O)c1c(NC(=O)c2ccco2)c2cc(NCc3cccc(OCCO)c3)cnc2n1CCC(C)C. The van der Waals surface area contributed by atoms with Crippen LogP contribution in [0.15, 0.2) is 59.3 Å². The fourth-order valence-electron chi connectivity index (χ4n) is 4.06. The molecule has 0 saturated heterocycles. The van der Waals surface area contributed by atoms with Crippen LogP contribution in [0.1, 0.15) is 46.9 Å². The number of nitrogens with zero attached hydrogens (tertiary/aromatic N) is 2. The highest BCUT2D eigenvalue weighted by molar-refractivity contribution is 6.14. The number of rotatable bonds is 12. The maximum absolute atomic E-state index is 13.0. The number of ether oxygens (including phenoxy) is 2. The molecule has 0 fully saturated rings. The van der Waals surface area contributed by atoms with Gasteiger partial charge in [0.1, 0.15) is 18.0 Å². The molecule has 0 aliphatic heterocycles. The van der Waals surface area contributed by atoms with E-state index in [0.717, 1.165) is 12.0 Å². The maximum Gasteiger partial charge on any atom is 0.356 e. The Labute approximate surface area is 220 Å². The summed E-state index contributed by atoms with van der Waals surface area (Å²) in [6.07, 6.45) is 3.91. The number of anilines is 2. The Bertz CT molecular complexity index is 1390. The number of pyridine rings is 1. The number of carbonyl (C=O) groups excluding carboxylic acids is 2. The molecule has 0 atom stereocenters. The second kappa shape index (κ2) is 12.3. The summed E-state index contributed by atoms with van der Waals surface area (Å²) in [7, 11) is 1.31. The van der Waals surface area contributed by atoms with Crippen LogP contribution in [0.5, 0.6) is 5.75 Å². The number of fused-ring (bicyclic) bond motifs is 1. The number of hydrogen-bond acceptors (Lipinski definition) is 8. The van der Waals surface area contributed by atoms with Crippen molar-refractivity contribution < 1.29 is 28.6 Å². The molecule has 0 radical (unpaired) electrons. The van der Waals surface area contributed by atoms with Crippen LogP contribution in [0, 0.1) is 5.92 Å². The summed E-state index contributed by atoms with van der Waals surface area (Å²) in [6.45, 7) is 5.37. The third-order valence-electron chi connectivity index (χ3n) is 5.95. The van der Waals surface area contributed by atoms with Gasteiger partial charge in [0.2, 0.25) is 0 Å². The van der Waals surface area contributed by atoms with Gasteiger partial charge in [0.05, 0.1) is 37.6 Å². The monoisotopic (exact) mass is 520 g/mol. The molecule has 0 unspecified atom stereocenters. The number of aliphatic hydroxyl groups is 1. The van der Waals surface area contributed by atoms with Gasteiger partial charge < -0.3 is 34.2 Å². The van der Waals surface area contributed by atoms with Crippen LogP contribution < -0.4 is 15.4 Å². The average molecular weight is 521 g/mol. The van der Waals surface area contributed by atoms with Crippen molar-refractivity contribution in [2.24, 2.45) is 5.92 Å². The number of nitrogens with one attached hydrogen (secondary N) is 2. The zero-order valence-electron chi connectivity index (χ0n) is 21.7. The lowest BCUT2D eigenvalue weighted by molar-refractivity contribution is 0.0589. The number of amides is 1. The van der Waals surface area contributed by atoms with Crippen molar-refractivity contribution in [2.75, 3.05) is 31.0 Å². The molecule has 0 aliphatic rings. The molecule has 3 aromatic heterocycles. The number of aromatic nitrogens is 2. The smallest absolute Gasteiger partial charge is 0.356 e. The molecule has 1 aromatic carbocycles. The fraction of sp³-hybridized carbons (Fsp3) is 0.321. The van der Waals surface area contributed by atoms with Crippen molar-refractivity contribution in [3.8, 4) is 5.75 Å². The van der Waals surface area contributed by atoms with Crippen LogP contribution in [0.4, 0.5) is 11.4 Å². The van der Waals surface area contributed by atoms with E-state index in [-0.39, 0.29) is 24.7 Å². The molecule has 1 amide bonds. The first-order chi connectivity index (χ1) is 18.4. The highest BCUT2D eigenvalue weighted by atomic mass is 16.5. The van der Waals surface area contributed by atoms with Crippen molar-refractivity contribution >= 4 is 34.3 Å². The van der Waals surface area contributed by atoms with Crippen molar-refractivity contribution in [1.29, 1.82) is 0 Å². The van der Waals surface area contributed by atoms with Crippen LogP contribution >= 0.6 is 0 Å². The zero-order valence-corrected chi connectivity index (χ0v) is 21.7. The van der Waals surface area contributed by atoms with Crippen molar-refractivity contribution in [2.45, 2.75) is 33.4 Å². The minimum Gasteiger partial charge on any atom is -0.491 e. The molecule has 4 rings (SSSR count). The lowest BCUT2D eigenvalue weighted by Gasteiger charge is -2.12. The van der Waals surface area contributed by atoms with E-state index >= 15 is 0 Å². The van der Waals surface area contributed by atoms with Crippen LogP contribution in [-0.2, 0) is 17.8 Å². The van der Waals surface area contributed by atoms with Crippen molar-refractivity contribution in [3.63, 3.8) is 0 Å². The molecule has 38 heavy (non-hydrogen) atoms. The van der Waals surface area contributed by atoms with Crippen LogP contribution in [0.2, 0.25) is 0 Å². The predicted molar refractivity (Wildman–Crippen MR) is 144 cm³/mol. The minimum atomic E-state index is -0.573. The Balaban J connectivity index is 1.71. The van der Waals surface area contributed by atoms with Crippen LogP contribution in [0.3, 0.4) is 0 Å². The van der Waals surface area contributed by atoms with Gasteiger partial charge in [-0.05, 0) is 48.2 Å². The first-order valence-electron chi connectivity index (χ1n) is 12.4. The van der Waals surface area contributed by atoms with Gasteiger partial charge >= 0.3 is 5.97 Å². The molecule has 4 aromatic rings. The second-order valence-electron chi connectivity index (χ2n) is 9.15. The summed E-state index contributed by atoms with van der Waals surface area (Å²) < 4.78 is 17.6. The van der Waals surface area contributed by atoms with E-state index in [2.05, 4.69) is 29.5 Å². The third-order valence-corrected chi connectivity index (χ3v) is 5.95. The Morgan fingerprint density at radius 2 is 2.03 bits per heavy atom. The Morgan fingerprint density at radius 1 is 1.18 bits per heavy atom. The molecule has 0 spiro atoms. The molecule has 3 N–H and O–H groups in total. The molecule has 10 nitrogen and oxygen atoms in total. The Kier molecular flexibility index (Phi) is 8.65. The third kappa shape index (κ3) is 6.15. The lowest BCUT2D eigenvalue weighted by atomic mass is 10.1. The van der Waals surface area contributed by atoms with E-state index in [1.165, 1.54) is 13.4 Å². The highest BCUT2D eigenvalue weighted by Gasteiger charge is 2.27. The predicted octanol–water partition coefficient (Wildman–Crippen LogP) is 4.70. The molecule has 3 heterocycles. The number of furan rings is 1. The van der Waals surface area contributed by atoms with Gasteiger partial charge in [0, 0.05) is 18.5 Å². The largest absolute Gasteiger partial charge is 0.491 e. The van der Waals surface area contributed by atoms with Gasteiger partial charge in [0.15, 0.2) is 11.5 Å². The van der Waals surface area contributed by atoms with Crippen molar-refractivity contribution in [3.05, 3.63) is 71.9 Å². The van der Waals surface area contributed by atoms with Gasteiger partial charge in [-0.25, -0.2) is 9.78 Å². The molecular formula is C28H32N4O6. The Morgan fingerprint density at radius 3 is 2.74 bits per heavy atom. The lowest BCUT2D eigenvalue weighted by Crippen LogP contribution is -2.17. The van der Waals surface area contributed by atoms with E-state index in [0.29, 0.717) is 47.2 Å². The molecule has 0 bridgehead atoms. The molecule has 0 saturated carbocycles. The number of esters is 1. The summed E-state index contributed by atoms with van der Waals surface area (Å²) in [5, 5.41) is 15.8. The van der Waals surface area contributed by atoms with E-state index < -0.39 is 11.9 Å². The van der Waals surface area contributed by atoms with Gasteiger partial charge in [0.25, 0.3) is 5.91 Å². The first kappa shape index (κ1) is 26.7. The van der Waals surface area contributed by atoms with Gasteiger partial charge in [-0.15, -0.1) is 0 Å². The number of methoxy groups -OCH3 is 1. The molecular weight excluding hydrogens is 488 g/mol. The maximum atomic E-state index is 13.0.